The molecule has 19 heavy (non-hydrogen) atoms. The van der Waals surface area contributed by atoms with Gasteiger partial charge in [-0.05, 0) is 18.2 Å². The highest BCUT2D eigenvalue weighted by Crippen LogP contribution is 2.17. The van der Waals surface area contributed by atoms with Crippen LogP contribution in [0.15, 0.2) is 18.2 Å². The maximum absolute atomic E-state index is 5.77. The first-order valence-corrected chi connectivity index (χ1v) is 6.41. The summed E-state index contributed by atoms with van der Waals surface area (Å²) in [6, 6.07) is 5.61. The summed E-state index contributed by atoms with van der Waals surface area (Å²) in [6.45, 7) is 4.10. The van der Waals surface area contributed by atoms with Crippen molar-refractivity contribution in [1.29, 1.82) is 0 Å². The number of hydrogen-bond donors (Lipinski definition) is 2. The van der Waals surface area contributed by atoms with Crippen molar-refractivity contribution in [2.24, 2.45) is 0 Å². The summed E-state index contributed by atoms with van der Waals surface area (Å²) in [5, 5.41) is 4.47. The summed E-state index contributed by atoms with van der Waals surface area (Å²) < 4.78 is 1.77. The van der Waals surface area contributed by atoms with Gasteiger partial charge in [-0.2, -0.15) is 4.68 Å². The van der Waals surface area contributed by atoms with Crippen molar-refractivity contribution in [3.8, 4) is 5.95 Å². The Morgan fingerprint density at radius 2 is 2.05 bits per heavy atom. The minimum absolute atomic E-state index is 0.685. The third-order valence-corrected chi connectivity index (χ3v) is 3.04. The van der Waals surface area contributed by atoms with Crippen LogP contribution in [-0.2, 0) is 12.8 Å². The van der Waals surface area contributed by atoms with Gasteiger partial charge in [-0.15, -0.1) is 5.10 Å². The highest BCUT2D eigenvalue weighted by Gasteiger charge is 2.12. The SMILES string of the molecule is CCc1nc(CC)n(-c2nc3ccc(N)cc3[nH]2)n1. The van der Waals surface area contributed by atoms with Gasteiger partial charge in [0.15, 0.2) is 5.82 Å². The number of aromatic nitrogens is 5. The lowest BCUT2D eigenvalue weighted by Gasteiger charge is -1.98. The van der Waals surface area contributed by atoms with Gasteiger partial charge in [0.25, 0.3) is 0 Å². The maximum atomic E-state index is 5.77. The Balaban J connectivity index is 2.15. The zero-order valence-electron chi connectivity index (χ0n) is 11.0. The summed E-state index contributed by atoms with van der Waals surface area (Å²) in [5.74, 6) is 2.42. The van der Waals surface area contributed by atoms with Crippen LogP contribution in [0, 0.1) is 0 Å². The van der Waals surface area contributed by atoms with Gasteiger partial charge >= 0.3 is 0 Å². The molecule has 0 fully saturated rings. The van der Waals surface area contributed by atoms with E-state index in [0.29, 0.717) is 11.6 Å². The fourth-order valence-electron chi connectivity index (χ4n) is 2.05. The van der Waals surface area contributed by atoms with E-state index >= 15 is 0 Å². The normalized spacial score (nSPS) is 11.3. The van der Waals surface area contributed by atoms with E-state index in [1.165, 1.54) is 0 Å². The molecule has 98 valence electrons. The number of nitrogens with zero attached hydrogens (tertiary/aromatic N) is 4. The minimum atomic E-state index is 0.685. The molecule has 0 spiro atoms. The predicted octanol–water partition coefficient (Wildman–Crippen LogP) is 1.85. The van der Waals surface area contributed by atoms with E-state index < -0.39 is 0 Å². The molecule has 0 aliphatic rings. The van der Waals surface area contributed by atoms with Crippen molar-refractivity contribution in [3.63, 3.8) is 0 Å². The molecule has 0 saturated heterocycles. The Morgan fingerprint density at radius 1 is 1.21 bits per heavy atom. The fourth-order valence-corrected chi connectivity index (χ4v) is 2.05. The van der Waals surface area contributed by atoms with E-state index in [9.17, 15) is 0 Å². The van der Waals surface area contributed by atoms with Crippen molar-refractivity contribution in [2.75, 3.05) is 5.73 Å². The average Bonchev–Trinajstić information content (AvgIpc) is 3.00. The van der Waals surface area contributed by atoms with Gasteiger partial charge in [0.2, 0.25) is 5.95 Å². The number of anilines is 1. The van der Waals surface area contributed by atoms with Crippen molar-refractivity contribution in [3.05, 3.63) is 29.8 Å². The first-order chi connectivity index (χ1) is 9.21. The number of aryl methyl sites for hydroxylation is 2. The monoisotopic (exact) mass is 256 g/mol. The van der Waals surface area contributed by atoms with E-state index in [0.717, 1.165) is 35.5 Å². The van der Waals surface area contributed by atoms with E-state index in [-0.39, 0.29) is 0 Å². The van der Waals surface area contributed by atoms with Crippen LogP contribution in [0.25, 0.3) is 17.0 Å². The van der Waals surface area contributed by atoms with Crippen molar-refractivity contribution >= 4 is 16.7 Å². The van der Waals surface area contributed by atoms with Gasteiger partial charge in [-0.1, -0.05) is 13.8 Å². The quantitative estimate of drug-likeness (QED) is 0.700. The number of aromatic amines is 1. The van der Waals surface area contributed by atoms with Crippen LogP contribution in [0.1, 0.15) is 25.5 Å². The number of benzene rings is 1. The smallest absolute Gasteiger partial charge is 0.230 e. The average molecular weight is 256 g/mol. The second-order valence-corrected chi connectivity index (χ2v) is 4.40. The molecule has 0 bridgehead atoms. The van der Waals surface area contributed by atoms with Crippen LogP contribution < -0.4 is 5.73 Å². The summed E-state index contributed by atoms with van der Waals surface area (Å²) >= 11 is 0. The number of fused-ring (bicyclic) bond motifs is 1. The molecular formula is C13H16N6. The predicted molar refractivity (Wildman–Crippen MR) is 74.2 cm³/mol. The number of nitrogens with two attached hydrogens (primary N) is 1. The van der Waals surface area contributed by atoms with Crippen LogP contribution in [0.2, 0.25) is 0 Å². The molecule has 0 amide bonds. The molecule has 0 radical (unpaired) electrons. The zero-order valence-corrected chi connectivity index (χ0v) is 11.0. The van der Waals surface area contributed by atoms with Crippen molar-refractivity contribution < 1.29 is 0 Å². The number of H-pyrrole nitrogens is 1. The van der Waals surface area contributed by atoms with Gasteiger partial charge in [-0.25, -0.2) is 9.97 Å². The highest BCUT2D eigenvalue weighted by atomic mass is 15.4. The summed E-state index contributed by atoms with van der Waals surface area (Å²) in [4.78, 5) is 12.2. The Kier molecular flexibility index (Phi) is 2.70. The Labute approximate surface area is 110 Å². The van der Waals surface area contributed by atoms with Gasteiger partial charge in [0, 0.05) is 18.5 Å². The topological polar surface area (TPSA) is 85.4 Å². The second kappa shape index (κ2) is 4.38. The molecule has 6 nitrogen and oxygen atoms in total. The molecule has 0 aliphatic heterocycles. The molecule has 0 atom stereocenters. The van der Waals surface area contributed by atoms with E-state index in [2.05, 4.69) is 27.0 Å². The zero-order chi connectivity index (χ0) is 13.4. The minimum Gasteiger partial charge on any atom is -0.399 e. The molecule has 0 saturated carbocycles. The Morgan fingerprint density at radius 3 is 2.79 bits per heavy atom. The van der Waals surface area contributed by atoms with Crippen LogP contribution in [0.5, 0.6) is 0 Å². The molecule has 2 heterocycles. The first-order valence-electron chi connectivity index (χ1n) is 6.41. The fraction of sp³-hybridized carbons (Fsp3) is 0.308. The third-order valence-electron chi connectivity index (χ3n) is 3.04. The molecule has 3 N–H and O–H groups in total. The van der Waals surface area contributed by atoms with Gasteiger partial charge < -0.3 is 10.7 Å². The number of nitrogen functional groups attached to an aromatic ring is 1. The van der Waals surface area contributed by atoms with Crippen molar-refractivity contribution in [1.82, 2.24) is 24.7 Å². The molecular weight excluding hydrogens is 240 g/mol. The van der Waals surface area contributed by atoms with Crippen LogP contribution in [-0.4, -0.2) is 24.7 Å². The second-order valence-electron chi connectivity index (χ2n) is 4.40. The van der Waals surface area contributed by atoms with Gasteiger partial charge in [0.1, 0.15) is 5.82 Å². The first kappa shape index (κ1) is 11.7. The van der Waals surface area contributed by atoms with E-state index in [4.69, 9.17) is 5.73 Å². The number of hydrogen-bond acceptors (Lipinski definition) is 4. The maximum Gasteiger partial charge on any atom is 0.230 e. The van der Waals surface area contributed by atoms with Gasteiger partial charge in [0.05, 0.1) is 11.0 Å². The number of imidazole rings is 1. The van der Waals surface area contributed by atoms with E-state index in [1.54, 1.807) is 4.68 Å². The molecule has 1 aromatic carbocycles. The Bertz CT molecular complexity index is 724. The van der Waals surface area contributed by atoms with Gasteiger partial charge in [-0.3, -0.25) is 0 Å². The van der Waals surface area contributed by atoms with Crippen LogP contribution >= 0.6 is 0 Å². The standard InChI is InChI=1S/C13H16N6/c1-3-11-17-12(4-2)19(18-11)13-15-9-6-5-8(14)7-10(9)16-13/h5-7H,3-4,14H2,1-2H3,(H,15,16). The number of rotatable bonds is 3. The molecule has 3 aromatic rings. The van der Waals surface area contributed by atoms with Crippen molar-refractivity contribution in [2.45, 2.75) is 26.7 Å². The molecule has 0 unspecified atom stereocenters. The molecule has 0 aliphatic carbocycles. The lowest BCUT2D eigenvalue weighted by molar-refractivity contribution is 0.756. The lowest BCUT2D eigenvalue weighted by atomic mass is 10.3. The number of nitrogens with one attached hydrogen (secondary N) is 1. The Hall–Kier alpha value is -2.37. The largest absolute Gasteiger partial charge is 0.399 e. The summed E-state index contributed by atoms with van der Waals surface area (Å²) in [7, 11) is 0. The molecule has 6 heteroatoms. The third kappa shape index (κ3) is 1.95. The highest BCUT2D eigenvalue weighted by molar-refractivity contribution is 5.79. The summed E-state index contributed by atoms with van der Waals surface area (Å²) in [6.07, 6.45) is 1.62. The lowest BCUT2D eigenvalue weighted by Crippen LogP contribution is -2.04. The van der Waals surface area contributed by atoms with Crippen LogP contribution in [0.3, 0.4) is 0 Å². The van der Waals surface area contributed by atoms with Crippen LogP contribution in [0.4, 0.5) is 5.69 Å². The molecule has 2 aromatic heterocycles. The van der Waals surface area contributed by atoms with E-state index in [1.807, 2.05) is 25.1 Å². The summed E-state index contributed by atoms with van der Waals surface area (Å²) in [5.41, 5.74) is 8.27. The molecule has 3 rings (SSSR count).